The van der Waals surface area contributed by atoms with Crippen molar-refractivity contribution < 1.29 is 18.7 Å². The van der Waals surface area contributed by atoms with E-state index in [1.165, 1.54) is 18.2 Å². The van der Waals surface area contributed by atoms with Crippen LogP contribution in [0.3, 0.4) is 0 Å². The molecule has 0 radical (unpaired) electrons. The predicted molar refractivity (Wildman–Crippen MR) is 82.2 cm³/mol. The minimum Gasteiger partial charge on any atom is -0.478 e. The molecule has 0 unspecified atom stereocenters. The maximum atomic E-state index is 14.0. The second-order valence-electron chi connectivity index (χ2n) is 4.31. The maximum Gasteiger partial charge on any atom is 0.336 e. The molecule has 0 amide bonds. The number of hydrogen-bond acceptors (Lipinski definition) is 2. The average molecular weight is 373 g/mol. The Kier molecular flexibility index (Phi) is 5.00. The molecule has 0 spiro atoms. The van der Waals surface area contributed by atoms with E-state index in [0.717, 1.165) is 11.8 Å². The van der Waals surface area contributed by atoms with Gasteiger partial charge in [-0.25, -0.2) is 13.6 Å². The highest BCUT2D eigenvalue weighted by Gasteiger charge is 2.31. The number of hydrogen-bond donors (Lipinski definition) is 1. The van der Waals surface area contributed by atoms with Crippen molar-refractivity contribution in [3.63, 3.8) is 0 Å². The van der Waals surface area contributed by atoms with Crippen molar-refractivity contribution in [1.29, 1.82) is 0 Å². The number of thioether (sulfide) groups is 1. The van der Waals surface area contributed by atoms with Crippen molar-refractivity contribution in [3.05, 3.63) is 64.1 Å². The summed E-state index contributed by atoms with van der Waals surface area (Å²) < 4.78 is 28.5. The van der Waals surface area contributed by atoms with E-state index in [2.05, 4.69) is 15.9 Å². The van der Waals surface area contributed by atoms with Crippen LogP contribution < -0.4 is 0 Å². The Bertz CT molecular complexity index is 647. The Balaban J connectivity index is 2.13. The molecule has 110 valence electrons. The SMILES string of the molecule is O=C(O)c1cc(SCC(F)(F)c2ccccc2)ccc1Br. The van der Waals surface area contributed by atoms with Gasteiger partial charge in [0.2, 0.25) is 0 Å². The van der Waals surface area contributed by atoms with Crippen LogP contribution in [0.1, 0.15) is 15.9 Å². The molecule has 0 aromatic heterocycles. The number of benzene rings is 2. The molecule has 2 rings (SSSR count). The summed E-state index contributed by atoms with van der Waals surface area (Å²) in [5.74, 6) is -4.51. The molecule has 0 aliphatic heterocycles. The molecule has 0 saturated carbocycles. The minimum absolute atomic E-state index is 0.0481. The van der Waals surface area contributed by atoms with Gasteiger partial charge in [-0.2, -0.15) is 0 Å². The first-order chi connectivity index (χ1) is 9.90. The van der Waals surface area contributed by atoms with Crippen LogP contribution in [-0.4, -0.2) is 16.8 Å². The number of carbonyl (C=O) groups is 1. The summed E-state index contributed by atoms with van der Waals surface area (Å²) in [7, 11) is 0. The maximum absolute atomic E-state index is 14.0. The fraction of sp³-hybridized carbons (Fsp3) is 0.133. The summed E-state index contributed by atoms with van der Waals surface area (Å²) in [6, 6.07) is 12.1. The standard InChI is InChI=1S/C15H11BrF2O2S/c16-13-7-6-11(8-12(13)14(19)20)21-9-15(17,18)10-4-2-1-3-5-10/h1-8H,9H2,(H,19,20). The van der Waals surface area contributed by atoms with Gasteiger partial charge in [0.1, 0.15) is 0 Å². The second kappa shape index (κ2) is 6.58. The van der Waals surface area contributed by atoms with Crippen LogP contribution in [0.15, 0.2) is 57.9 Å². The molecule has 2 aromatic rings. The van der Waals surface area contributed by atoms with Gasteiger partial charge in [-0.1, -0.05) is 30.3 Å². The van der Waals surface area contributed by atoms with Crippen molar-refractivity contribution in [1.82, 2.24) is 0 Å². The van der Waals surface area contributed by atoms with Crippen molar-refractivity contribution in [3.8, 4) is 0 Å². The number of aromatic carboxylic acids is 1. The molecule has 0 saturated heterocycles. The topological polar surface area (TPSA) is 37.3 Å². The van der Waals surface area contributed by atoms with Gasteiger partial charge in [0.25, 0.3) is 5.92 Å². The molecule has 2 nitrogen and oxygen atoms in total. The third kappa shape index (κ3) is 4.04. The average Bonchev–Trinajstić information content (AvgIpc) is 2.47. The molecule has 0 heterocycles. The van der Waals surface area contributed by atoms with E-state index >= 15 is 0 Å². The van der Waals surface area contributed by atoms with Gasteiger partial charge in [-0.3, -0.25) is 0 Å². The van der Waals surface area contributed by atoms with Crippen molar-refractivity contribution in [2.45, 2.75) is 10.8 Å². The lowest BCUT2D eigenvalue weighted by Gasteiger charge is -2.16. The van der Waals surface area contributed by atoms with E-state index in [4.69, 9.17) is 5.11 Å². The van der Waals surface area contributed by atoms with Crippen molar-refractivity contribution >= 4 is 33.7 Å². The molecular weight excluding hydrogens is 362 g/mol. The molecule has 0 bridgehead atoms. The fourth-order valence-electron chi connectivity index (χ4n) is 1.70. The number of alkyl halides is 2. The van der Waals surface area contributed by atoms with Crippen LogP contribution in [0.5, 0.6) is 0 Å². The number of rotatable bonds is 5. The van der Waals surface area contributed by atoms with Crippen LogP contribution in [0.2, 0.25) is 0 Å². The summed E-state index contributed by atoms with van der Waals surface area (Å²) in [4.78, 5) is 11.5. The molecule has 21 heavy (non-hydrogen) atoms. The van der Waals surface area contributed by atoms with Crippen LogP contribution in [-0.2, 0) is 5.92 Å². The van der Waals surface area contributed by atoms with Gasteiger partial charge in [0, 0.05) is 14.9 Å². The molecule has 0 aliphatic carbocycles. The van der Waals surface area contributed by atoms with Gasteiger partial charge >= 0.3 is 5.97 Å². The molecule has 2 aromatic carbocycles. The Labute approximate surface area is 133 Å². The van der Waals surface area contributed by atoms with E-state index in [9.17, 15) is 13.6 Å². The molecule has 0 aliphatic rings. The zero-order valence-corrected chi connectivity index (χ0v) is 13.1. The highest BCUT2D eigenvalue weighted by atomic mass is 79.9. The monoisotopic (exact) mass is 372 g/mol. The Hall–Kier alpha value is -1.40. The summed E-state index contributed by atoms with van der Waals surface area (Å²) >= 11 is 4.05. The smallest absolute Gasteiger partial charge is 0.336 e. The first kappa shape index (κ1) is 16.0. The minimum atomic E-state index is -2.97. The van der Waals surface area contributed by atoms with E-state index in [1.54, 1.807) is 30.3 Å². The molecule has 1 N–H and O–H groups in total. The Morgan fingerprint density at radius 3 is 2.48 bits per heavy atom. The zero-order chi connectivity index (χ0) is 15.5. The van der Waals surface area contributed by atoms with Gasteiger partial charge in [0.15, 0.2) is 0 Å². The number of carboxylic acid groups (broad SMARTS) is 1. The largest absolute Gasteiger partial charge is 0.478 e. The fourth-order valence-corrected chi connectivity index (χ4v) is 2.99. The lowest BCUT2D eigenvalue weighted by Crippen LogP contribution is -2.16. The van der Waals surface area contributed by atoms with E-state index in [0.29, 0.717) is 9.37 Å². The van der Waals surface area contributed by atoms with E-state index in [-0.39, 0.29) is 11.1 Å². The first-order valence-electron chi connectivity index (χ1n) is 5.99. The third-order valence-electron chi connectivity index (χ3n) is 2.78. The normalized spacial score (nSPS) is 11.4. The van der Waals surface area contributed by atoms with E-state index < -0.39 is 17.6 Å². The summed E-state index contributed by atoms with van der Waals surface area (Å²) in [6.07, 6.45) is 0. The van der Waals surface area contributed by atoms with Gasteiger partial charge in [-0.15, -0.1) is 11.8 Å². The van der Waals surface area contributed by atoms with Crippen molar-refractivity contribution in [2.75, 3.05) is 5.75 Å². The third-order valence-corrected chi connectivity index (χ3v) is 4.57. The summed E-state index contributed by atoms with van der Waals surface area (Å²) in [6.45, 7) is 0. The predicted octanol–water partition coefficient (Wildman–Crippen LogP) is 5.03. The van der Waals surface area contributed by atoms with Crippen LogP contribution in [0.4, 0.5) is 8.78 Å². The zero-order valence-electron chi connectivity index (χ0n) is 10.7. The molecule has 0 fully saturated rings. The number of carboxylic acids is 1. The van der Waals surface area contributed by atoms with Crippen LogP contribution >= 0.6 is 27.7 Å². The first-order valence-corrected chi connectivity index (χ1v) is 7.77. The highest BCUT2D eigenvalue weighted by Crippen LogP contribution is 2.35. The van der Waals surface area contributed by atoms with E-state index in [1.807, 2.05) is 0 Å². The molecular formula is C15H11BrF2O2S. The molecule has 6 heteroatoms. The second-order valence-corrected chi connectivity index (χ2v) is 6.21. The lowest BCUT2D eigenvalue weighted by molar-refractivity contribution is 0.0231. The van der Waals surface area contributed by atoms with Crippen LogP contribution in [0.25, 0.3) is 0 Å². The highest BCUT2D eigenvalue weighted by molar-refractivity contribution is 9.10. The van der Waals surface area contributed by atoms with Crippen molar-refractivity contribution in [2.24, 2.45) is 0 Å². The Morgan fingerprint density at radius 2 is 1.86 bits per heavy atom. The van der Waals surface area contributed by atoms with Gasteiger partial charge in [0.05, 0.1) is 11.3 Å². The lowest BCUT2D eigenvalue weighted by atomic mass is 10.1. The van der Waals surface area contributed by atoms with Gasteiger partial charge in [-0.05, 0) is 34.1 Å². The number of halogens is 3. The van der Waals surface area contributed by atoms with Crippen LogP contribution in [0, 0.1) is 0 Å². The quantitative estimate of drug-likeness (QED) is 0.747. The van der Waals surface area contributed by atoms with Gasteiger partial charge < -0.3 is 5.11 Å². The molecule has 0 atom stereocenters. The summed E-state index contributed by atoms with van der Waals surface area (Å²) in [5.41, 5.74) is 0.0103. The Morgan fingerprint density at radius 1 is 1.19 bits per heavy atom. The summed E-state index contributed by atoms with van der Waals surface area (Å²) in [5, 5.41) is 9.01.